The molecule has 0 bridgehead atoms. The number of alkyl halides is 3. The third-order valence-corrected chi connectivity index (χ3v) is 2.68. The Balaban J connectivity index is 1.98. The fourth-order valence-corrected chi connectivity index (χ4v) is 1.58. The molecule has 1 N–H and O–H groups in total. The van der Waals surface area contributed by atoms with Crippen LogP contribution in [0.3, 0.4) is 0 Å². The van der Waals surface area contributed by atoms with Crippen molar-refractivity contribution in [1.29, 1.82) is 0 Å². The zero-order chi connectivity index (χ0) is 14.6. The first-order valence-corrected chi connectivity index (χ1v) is 5.80. The van der Waals surface area contributed by atoms with Crippen molar-refractivity contribution in [3.63, 3.8) is 0 Å². The molecule has 6 heteroatoms. The fraction of sp³-hybridized carbons (Fsp3) is 0.143. The molecule has 0 aliphatic carbocycles. The van der Waals surface area contributed by atoms with Gasteiger partial charge in [-0.2, -0.15) is 13.2 Å². The number of carbonyl (C=O) groups excluding carboxylic acids is 1. The first-order chi connectivity index (χ1) is 9.49. The highest BCUT2D eigenvalue weighted by atomic mass is 19.4. The van der Waals surface area contributed by atoms with E-state index in [1.165, 1.54) is 18.3 Å². The molecule has 2 rings (SSSR count). The number of halogens is 3. The molecule has 0 aliphatic rings. The van der Waals surface area contributed by atoms with Gasteiger partial charge in [0.05, 0.1) is 5.56 Å². The van der Waals surface area contributed by atoms with Crippen LogP contribution in [0, 0.1) is 0 Å². The van der Waals surface area contributed by atoms with E-state index < -0.39 is 11.7 Å². The van der Waals surface area contributed by atoms with Gasteiger partial charge in [-0.15, -0.1) is 0 Å². The van der Waals surface area contributed by atoms with Crippen molar-refractivity contribution in [2.45, 2.75) is 12.7 Å². The quantitative estimate of drug-likeness (QED) is 0.871. The predicted molar refractivity (Wildman–Crippen MR) is 68.4 cm³/mol. The lowest BCUT2D eigenvalue weighted by atomic mass is 10.1. The van der Waals surface area contributed by atoms with Crippen molar-refractivity contribution < 1.29 is 18.0 Å². The summed E-state index contributed by atoms with van der Waals surface area (Å²) in [6, 6.07) is 8.15. The minimum atomic E-state index is -4.32. The second-order valence-electron chi connectivity index (χ2n) is 4.14. The van der Waals surface area contributed by atoms with Crippen molar-refractivity contribution in [1.82, 2.24) is 4.98 Å². The lowest BCUT2D eigenvalue weighted by Gasteiger charge is -2.09. The molecule has 0 spiro atoms. The minimum absolute atomic E-state index is 0.353. The topological polar surface area (TPSA) is 42.0 Å². The molecule has 0 amide bonds. The highest BCUT2D eigenvalue weighted by Crippen LogP contribution is 2.29. The zero-order valence-corrected chi connectivity index (χ0v) is 10.3. The van der Waals surface area contributed by atoms with Crippen LogP contribution >= 0.6 is 0 Å². The molecule has 0 fully saturated rings. The Kier molecular flexibility index (Phi) is 4.02. The number of rotatable bonds is 4. The van der Waals surface area contributed by atoms with Gasteiger partial charge in [-0.1, -0.05) is 12.1 Å². The monoisotopic (exact) mass is 280 g/mol. The predicted octanol–water partition coefficient (Wildman–Crippen LogP) is 3.53. The molecule has 104 valence electrons. The lowest BCUT2D eigenvalue weighted by Crippen LogP contribution is -2.06. The van der Waals surface area contributed by atoms with Crippen molar-refractivity contribution in [2.75, 3.05) is 5.32 Å². The van der Waals surface area contributed by atoms with Crippen molar-refractivity contribution in [3.8, 4) is 0 Å². The maximum atomic E-state index is 12.4. The maximum Gasteiger partial charge on any atom is 0.416 e. The van der Waals surface area contributed by atoms with E-state index in [0.29, 0.717) is 29.8 Å². The summed E-state index contributed by atoms with van der Waals surface area (Å²) in [5.74, 6) is 0.551. The highest BCUT2D eigenvalue weighted by Gasteiger charge is 2.29. The molecule has 0 saturated heterocycles. The van der Waals surface area contributed by atoms with E-state index in [1.807, 2.05) is 0 Å². The van der Waals surface area contributed by atoms with E-state index in [-0.39, 0.29) is 0 Å². The average Bonchev–Trinajstić information content (AvgIpc) is 2.45. The fourth-order valence-electron chi connectivity index (χ4n) is 1.58. The average molecular weight is 280 g/mol. The number of carbonyl (C=O) groups is 1. The van der Waals surface area contributed by atoms with E-state index in [1.54, 1.807) is 12.1 Å². The van der Waals surface area contributed by atoms with Crippen molar-refractivity contribution >= 4 is 12.1 Å². The second kappa shape index (κ2) is 5.73. The smallest absolute Gasteiger partial charge is 0.366 e. The molecule has 2 aromatic rings. The third kappa shape index (κ3) is 3.57. The summed E-state index contributed by atoms with van der Waals surface area (Å²) < 4.78 is 37.2. The molecule has 1 aromatic heterocycles. The molecule has 0 atom stereocenters. The van der Waals surface area contributed by atoms with Gasteiger partial charge >= 0.3 is 6.18 Å². The van der Waals surface area contributed by atoms with Gasteiger partial charge in [-0.05, 0) is 29.8 Å². The van der Waals surface area contributed by atoms with Crippen molar-refractivity contribution in [2.24, 2.45) is 0 Å². The summed E-state index contributed by atoms with van der Waals surface area (Å²) in [5, 5.41) is 2.96. The number of hydrogen-bond donors (Lipinski definition) is 1. The first kappa shape index (κ1) is 14.0. The SMILES string of the molecule is O=Cc1ccc(NCc2ccc(C(F)(F)F)cc2)nc1. The van der Waals surface area contributed by atoms with Crippen LogP contribution in [0.2, 0.25) is 0 Å². The largest absolute Gasteiger partial charge is 0.416 e. The van der Waals surface area contributed by atoms with Crippen LogP contribution in [0.5, 0.6) is 0 Å². The molecule has 3 nitrogen and oxygen atoms in total. The Bertz CT molecular complexity index is 577. The van der Waals surface area contributed by atoms with Crippen LogP contribution in [0.4, 0.5) is 19.0 Å². The Labute approximate surface area is 113 Å². The molecule has 1 heterocycles. The van der Waals surface area contributed by atoms with Crippen LogP contribution in [0.15, 0.2) is 42.6 Å². The molecule has 1 aromatic carbocycles. The van der Waals surface area contributed by atoms with Gasteiger partial charge in [0.25, 0.3) is 0 Å². The summed E-state index contributed by atoms with van der Waals surface area (Å²) >= 11 is 0. The molecule has 0 aliphatic heterocycles. The molecular weight excluding hydrogens is 269 g/mol. The second-order valence-corrected chi connectivity index (χ2v) is 4.14. The standard InChI is InChI=1S/C14H11F3N2O/c15-14(16,17)12-4-1-10(2-5-12)7-18-13-6-3-11(9-20)8-19-13/h1-6,8-9H,7H2,(H,18,19). The Hall–Kier alpha value is -2.37. The van der Waals surface area contributed by atoms with Gasteiger partial charge in [0, 0.05) is 18.3 Å². The van der Waals surface area contributed by atoms with Gasteiger partial charge in [0.15, 0.2) is 6.29 Å². The van der Waals surface area contributed by atoms with Gasteiger partial charge in [-0.3, -0.25) is 4.79 Å². The number of nitrogens with one attached hydrogen (secondary N) is 1. The Morgan fingerprint density at radius 1 is 1.10 bits per heavy atom. The zero-order valence-electron chi connectivity index (χ0n) is 10.3. The number of aromatic nitrogens is 1. The normalized spacial score (nSPS) is 11.2. The molecule has 0 unspecified atom stereocenters. The van der Waals surface area contributed by atoms with E-state index in [2.05, 4.69) is 10.3 Å². The first-order valence-electron chi connectivity index (χ1n) is 5.80. The van der Waals surface area contributed by atoms with E-state index in [9.17, 15) is 18.0 Å². The number of pyridine rings is 1. The van der Waals surface area contributed by atoms with Crippen LogP contribution in [-0.2, 0) is 12.7 Å². The van der Waals surface area contributed by atoms with Crippen LogP contribution in [-0.4, -0.2) is 11.3 Å². The van der Waals surface area contributed by atoms with Gasteiger partial charge in [0.2, 0.25) is 0 Å². The number of benzene rings is 1. The Morgan fingerprint density at radius 3 is 2.30 bits per heavy atom. The Morgan fingerprint density at radius 2 is 1.80 bits per heavy atom. The minimum Gasteiger partial charge on any atom is -0.366 e. The van der Waals surface area contributed by atoms with Crippen molar-refractivity contribution in [3.05, 3.63) is 59.3 Å². The molecule has 0 radical (unpaired) electrons. The summed E-state index contributed by atoms with van der Waals surface area (Å²) in [5.41, 5.74) is 0.499. The van der Waals surface area contributed by atoms with Gasteiger partial charge in [-0.25, -0.2) is 4.98 Å². The lowest BCUT2D eigenvalue weighted by molar-refractivity contribution is -0.137. The summed E-state index contributed by atoms with van der Waals surface area (Å²) in [6.45, 7) is 0.353. The van der Waals surface area contributed by atoms with Gasteiger partial charge < -0.3 is 5.32 Å². The molecular formula is C14H11F3N2O. The highest BCUT2D eigenvalue weighted by molar-refractivity contribution is 5.74. The molecule has 0 saturated carbocycles. The van der Waals surface area contributed by atoms with Crippen LogP contribution in [0.25, 0.3) is 0 Å². The van der Waals surface area contributed by atoms with E-state index in [0.717, 1.165) is 12.1 Å². The van der Waals surface area contributed by atoms with Crippen LogP contribution in [0.1, 0.15) is 21.5 Å². The summed E-state index contributed by atoms with van der Waals surface area (Å²) in [6.07, 6.45) is -2.22. The summed E-state index contributed by atoms with van der Waals surface area (Å²) in [4.78, 5) is 14.5. The maximum absolute atomic E-state index is 12.4. The van der Waals surface area contributed by atoms with E-state index >= 15 is 0 Å². The van der Waals surface area contributed by atoms with E-state index in [4.69, 9.17) is 0 Å². The molecule has 20 heavy (non-hydrogen) atoms. The number of hydrogen-bond acceptors (Lipinski definition) is 3. The van der Waals surface area contributed by atoms with Gasteiger partial charge in [0.1, 0.15) is 5.82 Å². The third-order valence-electron chi connectivity index (χ3n) is 2.68. The number of anilines is 1. The summed E-state index contributed by atoms with van der Waals surface area (Å²) in [7, 11) is 0. The number of nitrogens with zero attached hydrogens (tertiary/aromatic N) is 1. The number of aldehydes is 1. The van der Waals surface area contributed by atoms with Crippen LogP contribution < -0.4 is 5.32 Å².